The van der Waals surface area contributed by atoms with Gasteiger partial charge >= 0.3 is 0 Å². The van der Waals surface area contributed by atoms with E-state index < -0.39 is 0 Å². The van der Waals surface area contributed by atoms with Crippen molar-refractivity contribution in [3.05, 3.63) is 54.2 Å². The maximum absolute atomic E-state index is 5.24. The number of anilines is 2. The fraction of sp³-hybridized carbons (Fsp3) is 0.200. The zero-order chi connectivity index (χ0) is 13.7. The number of nitrogens with one attached hydrogen (secondary N) is 2. The van der Waals surface area contributed by atoms with Gasteiger partial charge in [-0.05, 0) is 48.0 Å². The molecule has 0 aliphatic carbocycles. The Kier molecular flexibility index (Phi) is 4.47. The molecule has 4 heteroatoms. The third-order valence-corrected chi connectivity index (χ3v) is 2.95. The van der Waals surface area contributed by atoms with E-state index in [1.54, 1.807) is 6.20 Å². The first kappa shape index (κ1) is 13.5. The van der Waals surface area contributed by atoms with Crippen LogP contribution in [-0.4, -0.2) is 10.1 Å². The smallest absolute Gasteiger partial charge is 0.176 e. The molecule has 0 aliphatic heterocycles. The Bertz CT molecular complexity index is 535. The number of hydrogen-bond acceptors (Lipinski definition) is 2. The van der Waals surface area contributed by atoms with Gasteiger partial charge in [-0.25, -0.2) is 4.98 Å². The highest BCUT2D eigenvalue weighted by atomic mass is 32.1. The third kappa shape index (κ3) is 4.03. The normalized spacial score (nSPS) is 10.3. The number of hydrogen-bond donors (Lipinski definition) is 2. The molecule has 1 aromatic heterocycles. The largest absolute Gasteiger partial charge is 0.332 e. The molecule has 0 aliphatic rings. The highest BCUT2D eigenvalue weighted by molar-refractivity contribution is 7.80. The summed E-state index contributed by atoms with van der Waals surface area (Å²) in [6.45, 7) is 4.35. The monoisotopic (exact) mass is 271 g/mol. The average molecular weight is 271 g/mol. The van der Waals surface area contributed by atoms with E-state index in [1.807, 2.05) is 30.3 Å². The lowest BCUT2D eigenvalue weighted by molar-refractivity contribution is 0.867. The second-order valence-corrected chi connectivity index (χ2v) is 4.98. The molecule has 0 bridgehead atoms. The minimum atomic E-state index is 0.535. The van der Waals surface area contributed by atoms with Gasteiger partial charge in [0, 0.05) is 11.9 Å². The predicted octanol–water partition coefficient (Wildman–Crippen LogP) is 4.01. The van der Waals surface area contributed by atoms with Gasteiger partial charge in [-0.3, -0.25) is 0 Å². The number of pyridine rings is 1. The Morgan fingerprint density at radius 2 is 1.79 bits per heavy atom. The summed E-state index contributed by atoms with van der Waals surface area (Å²) >= 11 is 5.24. The summed E-state index contributed by atoms with van der Waals surface area (Å²) in [7, 11) is 0. The van der Waals surface area contributed by atoms with Crippen LogP contribution in [0.2, 0.25) is 0 Å². The Labute approximate surface area is 119 Å². The predicted molar refractivity (Wildman–Crippen MR) is 84.6 cm³/mol. The summed E-state index contributed by atoms with van der Waals surface area (Å²) in [5.74, 6) is 1.27. The van der Waals surface area contributed by atoms with Crippen LogP contribution < -0.4 is 10.6 Å². The van der Waals surface area contributed by atoms with Crippen molar-refractivity contribution in [3.63, 3.8) is 0 Å². The van der Waals surface area contributed by atoms with Crippen molar-refractivity contribution < 1.29 is 0 Å². The molecule has 1 heterocycles. The first-order valence-electron chi connectivity index (χ1n) is 6.24. The Morgan fingerprint density at radius 3 is 2.37 bits per heavy atom. The molecule has 0 amide bonds. The number of benzene rings is 1. The van der Waals surface area contributed by atoms with Crippen LogP contribution in [-0.2, 0) is 0 Å². The van der Waals surface area contributed by atoms with Gasteiger partial charge < -0.3 is 10.6 Å². The third-order valence-electron chi connectivity index (χ3n) is 2.74. The molecule has 2 N–H and O–H groups in total. The lowest BCUT2D eigenvalue weighted by atomic mass is 10.0. The minimum absolute atomic E-state index is 0.535. The number of nitrogens with zero attached hydrogens (tertiary/aromatic N) is 1. The van der Waals surface area contributed by atoms with Crippen molar-refractivity contribution >= 4 is 28.8 Å². The number of thiocarbonyl (C=S) groups is 1. The van der Waals surface area contributed by atoms with Crippen LogP contribution in [0, 0.1) is 0 Å². The maximum Gasteiger partial charge on any atom is 0.176 e. The van der Waals surface area contributed by atoms with E-state index in [1.165, 1.54) is 5.56 Å². The van der Waals surface area contributed by atoms with Crippen LogP contribution in [0.1, 0.15) is 25.3 Å². The van der Waals surface area contributed by atoms with Crippen molar-refractivity contribution in [1.29, 1.82) is 0 Å². The molecule has 0 saturated carbocycles. The molecule has 0 fully saturated rings. The molecule has 0 unspecified atom stereocenters. The molecule has 98 valence electrons. The molecule has 2 rings (SSSR count). The molecule has 0 atom stereocenters. The van der Waals surface area contributed by atoms with E-state index in [9.17, 15) is 0 Å². The molecular weight excluding hydrogens is 254 g/mol. The van der Waals surface area contributed by atoms with Gasteiger partial charge in [0.05, 0.1) is 0 Å². The Balaban J connectivity index is 1.95. The van der Waals surface area contributed by atoms with Crippen LogP contribution >= 0.6 is 12.2 Å². The van der Waals surface area contributed by atoms with Crippen LogP contribution in [0.15, 0.2) is 48.7 Å². The SMILES string of the molecule is CC(C)c1ccc(NC(=S)Nc2ccccn2)cc1. The average Bonchev–Trinajstić information content (AvgIpc) is 2.40. The van der Waals surface area contributed by atoms with E-state index in [-0.39, 0.29) is 0 Å². The van der Waals surface area contributed by atoms with E-state index in [0.29, 0.717) is 11.0 Å². The van der Waals surface area contributed by atoms with Crippen molar-refractivity contribution in [3.8, 4) is 0 Å². The maximum atomic E-state index is 5.24. The van der Waals surface area contributed by atoms with E-state index in [0.717, 1.165) is 11.5 Å². The summed E-state index contributed by atoms with van der Waals surface area (Å²) in [6, 6.07) is 13.9. The highest BCUT2D eigenvalue weighted by Crippen LogP contribution is 2.17. The zero-order valence-electron chi connectivity index (χ0n) is 11.1. The molecule has 0 saturated heterocycles. The summed E-state index contributed by atoms with van der Waals surface area (Å²) in [4.78, 5) is 4.16. The van der Waals surface area contributed by atoms with Gasteiger partial charge in [-0.15, -0.1) is 0 Å². The lowest BCUT2D eigenvalue weighted by Gasteiger charge is -2.11. The molecule has 3 nitrogen and oxygen atoms in total. The molecule has 19 heavy (non-hydrogen) atoms. The van der Waals surface area contributed by atoms with Crippen molar-refractivity contribution in [1.82, 2.24) is 4.98 Å². The van der Waals surface area contributed by atoms with Crippen LogP contribution in [0.25, 0.3) is 0 Å². The summed E-state index contributed by atoms with van der Waals surface area (Å²) < 4.78 is 0. The topological polar surface area (TPSA) is 37.0 Å². The minimum Gasteiger partial charge on any atom is -0.332 e. The molecule has 2 aromatic rings. The fourth-order valence-corrected chi connectivity index (χ4v) is 1.89. The summed E-state index contributed by atoms with van der Waals surface area (Å²) in [5.41, 5.74) is 2.28. The van der Waals surface area contributed by atoms with Gasteiger partial charge in [0.1, 0.15) is 5.82 Å². The summed E-state index contributed by atoms with van der Waals surface area (Å²) in [6.07, 6.45) is 1.72. The number of rotatable bonds is 3. The quantitative estimate of drug-likeness (QED) is 0.827. The van der Waals surface area contributed by atoms with Gasteiger partial charge in [-0.2, -0.15) is 0 Å². The van der Waals surface area contributed by atoms with Crippen molar-refractivity contribution in [2.75, 3.05) is 10.6 Å². The van der Waals surface area contributed by atoms with Crippen LogP contribution in [0.4, 0.5) is 11.5 Å². The Hall–Kier alpha value is -1.94. The lowest BCUT2D eigenvalue weighted by Crippen LogP contribution is -2.19. The second-order valence-electron chi connectivity index (χ2n) is 4.57. The van der Waals surface area contributed by atoms with Crippen molar-refractivity contribution in [2.24, 2.45) is 0 Å². The molecular formula is C15H17N3S. The van der Waals surface area contributed by atoms with Gasteiger partial charge in [0.15, 0.2) is 5.11 Å². The first-order valence-corrected chi connectivity index (χ1v) is 6.65. The van der Waals surface area contributed by atoms with Crippen LogP contribution in [0.3, 0.4) is 0 Å². The zero-order valence-corrected chi connectivity index (χ0v) is 11.9. The van der Waals surface area contributed by atoms with Gasteiger partial charge in [0.2, 0.25) is 0 Å². The van der Waals surface area contributed by atoms with E-state index in [2.05, 4.69) is 41.6 Å². The van der Waals surface area contributed by atoms with Gasteiger partial charge in [0.25, 0.3) is 0 Å². The van der Waals surface area contributed by atoms with E-state index >= 15 is 0 Å². The fourth-order valence-electron chi connectivity index (χ4n) is 1.67. The Morgan fingerprint density at radius 1 is 1.05 bits per heavy atom. The van der Waals surface area contributed by atoms with Crippen molar-refractivity contribution in [2.45, 2.75) is 19.8 Å². The van der Waals surface area contributed by atoms with Crippen LogP contribution in [0.5, 0.6) is 0 Å². The molecule has 0 radical (unpaired) electrons. The molecule has 0 spiro atoms. The standard InChI is InChI=1S/C15H17N3S/c1-11(2)12-6-8-13(9-7-12)17-15(19)18-14-5-3-4-10-16-14/h3-11H,1-2H3,(H2,16,17,18,19). The summed E-state index contributed by atoms with van der Waals surface area (Å²) in [5, 5.41) is 6.71. The molecule has 1 aromatic carbocycles. The van der Waals surface area contributed by atoms with E-state index in [4.69, 9.17) is 12.2 Å². The van der Waals surface area contributed by atoms with Gasteiger partial charge in [-0.1, -0.05) is 32.0 Å². The second kappa shape index (κ2) is 6.29. The highest BCUT2D eigenvalue weighted by Gasteiger charge is 2.01. The number of aromatic nitrogens is 1. The first-order chi connectivity index (χ1) is 9.15.